The van der Waals surface area contributed by atoms with E-state index >= 15 is 0 Å². The van der Waals surface area contributed by atoms with E-state index in [-0.39, 0.29) is 11.1 Å². The van der Waals surface area contributed by atoms with Gasteiger partial charge in [0.1, 0.15) is 16.5 Å². The Morgan fingerprint density at radius 1 is 1.06 bits per heavy atom. The number of halogens is 3. The lowest BCUT2D eigenvalue weighted by molar-refractivity contribution is 0.0377. The first-order chi connectivity index (χ1) is 15.0. The summed E-state index contributed by atoms with van der Waals surface area (Å²) in [6, 6.07) is 11.6. The van der Waals surface area contributed by atoms with Crippen molar-refractivity contribution in [3.63, 3.8) is 0 Å². The molecule has 0 fully saturated rings. The molecule has 0 saturated heterocycles. The second-order valence-corrected chi connectivity index (χ2v) is 9.10. The van der Waals surface area contributed by atoms with Gasteiger partial charge in [-0.2, -0.15) is 0 Å². The lowest BCUT2D eigenvalue weighted by Gasteiger charge is -2.14. The van der Waals surface area contributed by atoms with E-state index in [2.05, 4.69) is 0 Å². The van der Waals surface area contributed by atoms with Gasteiger partial charge >= 0.3 is 5.97 Å². The molecule has 0 amide bonds. The van der Waals surface area contributed by atoms with Crippen LogP contribution in [0.15, 0.2) is 59.5 Å². The van der Waals surface area contributed by atoms with Gasteiger partial charge in [-0.3, -0.25) is 4.72 Å². The van der Waals surface area contributed by atoms with Crippen LogP contribution < -0.4 is 4.72 Å². The van der Waals surface area contributed by atoms with Crippen LogP contribution in [0.4, 0.5) is 14.5 Å². The van der Waals surface area contributed by atoms with E-state index in [1.165, 1.54) is 0 Å². The van der Waals surface area contributed by atoms with Crippen LogP contribution in [0, 0.1) is 11.6 Å². The minimum Gasteiger partial charge on any atom is -0.505 e. The normalized spacial score (nSPS) is 11.4. The van der Waals surface area contributed by atoms with Gasteiger partial charge in [-0.1, -0.05) is 41.9 Å². The summed E-state index contributed by atoms with van der Waals surface area (Å²) in [6.45, 7) is 3.20. The standard InChI is InChI=1S/C22H18ClF2NO5S/c1-12(2)31-22(28)14-8-16(23)21(27)20(9-14)32(29,30)26-19-10-15(17(24)11-18(19)25)13-6-4-3-5-7-13/h3-12,26-27H,1-2H3. The highest BCUT2D eigenvalue weighted by Crippen LogP contribution is 2.35. The first-order valence-electron chi connectivity index (χ1n) is 9.30. The maximum Gasteiger partial charge on any atom is 0.338 e. The van der Waals surface area contributed by atoms with Crippen LogP contribution in [0.1, 0.15) is 24.2 Å². The highest BCUT2D eigenvalue weighted by Gasteiger charge is 2.26. The van der Waals surface area contributed by atoms with Crippen LogP contribution >= 0.6 is 11.6 Å². The van der Waals surface area contributed by atoms with Gasteiger partial charge < -0.3 is 9.84 Å². The molecule has 0 spiro atoms. The Morgan fingerprint density at radius 3 is 2.34 bits per heavy atom. The van der Waals surface area contributed by atoms with Crippen LogP contribution in [-0.2, 0) is 14.8 Å². The molecule has 3 rings (SSSR count). The first kappa shape index (κ1) is 23.5. The Balaban J connectivity index is 2.05. The van der Waals surface area contributed by atoms with Crippen molar-refractivity contribution in [2.75, 3.05) is 4.72 Å². The number of carbonyl (C=O) groups excluding carboxylic acids is 1. The van der Waals surface area contributed by atoms with Gasteiger partial charge in [0.25, 0.3) is 10.0 Å². The third-order valence-corrected chi connectivity index (χ3v) is 5.95. The summed E-state index contributed by atoms with van der Waals surface area (Å²) in [4.78, 5) is 11.4. The Kier molecular flexibility index (Phi) is 6.71. The van der Waals surface area contributed by atoms with Gasteiger partial charge in [-0.15, -0.1) is 0 Å². The fourth-order valence-electron chi connectivity index (χ4n) is 2.84. The minimum atomic E-state index is -4.64. The van der Waals surface area contributed by atoms with Crippen molar-refractivity contribution < 1.29 is 31.8 Å². The number of phenols is 1. The molecule has 0 saturated carbocycles. The molecule has 0 atom stereocenters. The van der Waals surface area contributed by atoms with E-state index in [1.54, 1.807) is 44.2 Å². The molecule has 32 heavy (non-hydrogen) atoms. The smallest absolute Gasteiger partial charge is 0.338 e. The fourth-order valence-corrected chi connectivity index (χ4v) is 4.32. The number of rotatable bonds is 6. The molecule has 6 nitrogen and oxygen atoms in total. The van der Waals surface area contributed by atoms with E-state index in [0.29, 0.717) is 11.6 Å². The minimum absolute atomic E-state index is 0.0405. The van der Waals surface area contributed by atoms with Crippen LogP contribution in [0.2, 0.25) is 5.02 Å². The SMILES string of the molecule is CC(C)OC(=O)c1cc(Cl)c(O)c(S(=O)(=O)Nc2cc(-c3ccccc3)c(F)cc2F)c1. The number of benzene rings is 3. The third kappa shape index (κ3) is 5.00. The third-order valence-electron chi connectivity index (χ3n) is 4.28. The van der Waals surface area contributed by atoms with E-state index < -0.39 is 55.1 Å². The van der Waals surface area contributed by atoms with E-state index in [1.807, 2.05) is 4.72 Å². The van der Waals surface area contributed by atoms with Crippen molar-refractivity contribution in [3.8, 4) is 16.9 Å². The van der Waals surface area contributed by atoms with Crippen LogP contribution in [-0.4, -0.2) is 25.6 Å². The largest absolute Gasteiger partial charge is 0.505 e. The van der Waals surface area contributed by atoms with Gasteiger partial charge in [0.15, 0.2) is 5.75 Å². The van der Waals surface area contributed by atoms with Crippen molar-refractivity contribution >= 4 is 33.3 Å². The highest BCUT2D eigenvalue weighted by atomic mass is 35.5. The van der Waals surface area contributed by atoms with Crippen LogP contribution in [0.5, 0.6) is 5.75 Å². The quantitative estimate of drug-likeness (QED) is 0.462. The molecule has 0 aliphatic carbocycles. The zero-order chi connectivity index (χ0) is 23.6. The molecule has 10 heteroatoms. The summed E-state index contributed by atoms with van der Waals surface area (Å²) < 4.78 is 61.5. The second kappa shape index (κ2) is 9.13. The molecule has 0 radical (unpaired) electrons. The molecule has 168 valence electrons. The predicted octanol–water partition coefficient (Wildman–Crippen LogP) is 5.36. The molecule has 0 aromatic heterocycles. The predicted molar refractivity (Wildman–Crippen MR) is 116 cm³/mol. The fraction of sp³-hybridized carbons (Fsp3) is 0.136. The van der Waals surface area contributed by atoms with Crippen molar-refractivity contribution in [2.45, 2.75) is 24.8 Å². The number of nitrogens with one attached hydrogen (secondary N) is 1. The Bertz CT molecular complexity index is 1280. The maximum atomic E-state index is 14.4. The van der Waals surface area contributed by atoms with E-state index in [9.17, 15) is 27.1 Å². The molecular weight excluding hydrogens is 464 g/mol. The number of sulfonamides is 1. The summed E-state index contributed by atoms with van der Waals surface area (Å²) in [5, 5.41) is 9.77. The monoisotopic (exact) mass is 481 g/mol. The molecule has 2 N–H and O–H groups in total. The van der Waals surface area contributed by atoms with Crippen molar-refractivity contribution in [3.05, 3.63) is 76.8 Å². The molecule has 0 heterocycles. The van der Waals surface area contributed by atoms with Gasteiger partial charge in [-0.05, 0) is 37.6 Å². The second-order valence-electron chi connectivity index (χ2n) is 7.04. The van der Waals surface area contributed by atoms with Gasteiger partial charge in [-0.25, -0.2) is 22.0 Å². The highest BCUT2D eigenvalue weighted by molar-refractivity contribution is 7.92. The molecule has 0 bridgehead atoms. The van der Waals surface area contributed by atoms with Crippen LogP contribution in [0.3, 0.4) is 0 Å². The number of esters is 1. The summed E-state index contributed by atoms with van der Waals surface area (Å²) in [5.41, 5.74) is -0.432. The van der Waals surface area contributed by atoms with Crippen molar-refractivity contribution in [2.24, 2.45) is 0 Å². The maximum absolute atomic E-state index is 14.4. The molecule has 3 aromatic carbocycles. The van der Waals surface area contributed by atoms with Crippen LogP contribution in [0.25, 0.3) is 11.1 Å². The topological polar surface area (TPSA) is 92.7 Å². The average molecular weight is 482 g/mol. The lowest BCUT2D eigenvalue weighted by Crippen LogP contribution is -2.17. The average Bonchev–Trinajstić information content (AvgIpc) is 2.71. The number of hydrogen-bond acceptors (Lipinski definition) is 5. The summed E-state index contributed by atoms with van der Waals surface area (Å²) in [6.07, 6.45) is -0.488. The Labute approximate surface area is 188 Å². The number of hydrogen-bond donors (Lipinski definition) is 2. The number of phenolic OH excluding ortho intramolecular Hbond substituents is 1. The van der Waals surface area contributed by atoms with Crippen molar-refractivity contribution in [1.29, 1.82) is 0 Å². The number of carbonyl (C=O) groups is 1. The number of anilines is 1. The number of ether oxygens (including phenoxy) is 1. The van der Waals surface area contributed by atoms with E-state index in [0.717, 1.165) is 18.2 Å². The molecule has 0 unspecified atom stereocenters. The lowest BCUT2D eigenvalue weighted by atomic mass is 10.0. The molecule has 0 aliphatic heterocycles. The zero-order valence-electron chi connectivity index (χ0n) is 16.9. The molecule has 3 aromatic rings. The molecule has 0 aliphatic rings. The summed E-state index contributed by atoms with van der Waals surface area (Å²) >= 11 is 5.89. The summed E-state index contributed by atoms with van der Waals surface area (Å²) in [5.74, 6) is -3.77. The van der Waals surface area contributed by atoms with Gasteiger partial charge in [0.2, 0.25) is 0 Å². The first-order valence-corrected chi connectivity index (χ1v) is 11.2. The number of aromatic hydroxyl groups is 1. The zero-order valence-corrected chi connectivity index (χ0v) is 18.5. The molecular formula is C22H18ClF2NO5S. The Morgan fingerprint density at radius 2 is 1.72 bits per heavy atom. The van der Waals surface area contributed by atoms with Gasteiger partial charge in [0.05, 0.1) is 22.4 Å². The Hall–Kier alpha value is -3.17. The van der Waals surface area contributed by atoms with E-state index in [4.69, 9.17) is 16.3 Å². The summed E-state index contributed by atoms with van der Waals surface area (Å²) in [7, 11) is -4.64. The van der Waals surface area contributed by atoms with Gasteiger partial charge in [0, 0.05) is 11.6 Å². The van der Waals surface area contributed by atoms with Crippen molar-refractivity contribution in [1.82, 2.24) is 0 Å².